The van der Waals surface area contributed by atoms with Crippen molar-refractivity contribution >= 4 is 5.96 Å². The summed E-state index contributed by atoms with van der Waals surface area (Å²) in [6, 6.07) is 10.5. The number of guanidine groups is 1. The Hall–Kier alpha value is -2.34. The quantitative estimate of drug-likeness (QED) is 0.615. The molecule has 0 unspecified atom stereocenters. The van der Waals surface area contributed by atoms with E-state index in [1.807, 2.05) is 24.0 Å². The van der Waals surface area contributed by atoms with Crippen LogP contribution in [-0.4, -0.2) is 60.9 Å². The minimum absolute atomic E-state index is 0.750. The monoisotopic (exact) mass is 354 g/mol. The van der Waals surface area contributed by atoms with Gasteiger partial charge >= 0.3 is 0 Å². The average molecular weight is 355 g/mol. The van der Waals surface area contributed by atoms with Gasteiger partial charge in [-0.25, -0.2) is 4.68 Å². The SMILES string of the molecule is CN=C(NCCc1ccc(-n2cccn2)cc1)NCC1CCN(C)CC1. The van der Waals surface area contributed by atoms with Crippen molar-refractivity contribution in [1.29, 1.82) is 0 Å². The topological polar surface area (TPSA) is 57.5 Å². The van der Waals surface area contributed by atoms with Crippen LogP contribution in [0.4, 0.5) is 0 Å². The smallest absolute Gasteiger partial charge is 0.190 e. The van der Waals surface area contributed by atoms with Crippen LogP contribution in [0.5, 0.6) is 0 Å². The van der Waals surface area contributed by atoms with Gasteiger partial charge in [0.2, 0.25) is 0 Å². The van der Waals surface area contributed by atoms with E-state index < -0.39 is 0 Å². The second kappa shape index (κ2) is 9.38. The molecule has 0 amide bonds. The standard InChI is InChI=1S/C20H30N6/c1-21-20(23-16-18-9-14-25(2)15-10-18)22-12-8-17-4-6-19(7-5-17)26-13-3-11-24-26/h3-7,11,13,18H,8-10,12,14-16H2,1-2H3,(H2,21,22,23). The van der Waals surface area contributed by atoms with E-state index in [0.717, 1.165) is 37.1 Å². The highest BCUT2D eigenvalue weighted by atomic mass is 15.3. The summed E-state index contributed by atoms with van der Waals surface area (Å²) in [6.07, 6.45) is 7.25. The van der Waals surface area contributed by atoms with Crippen LogP contribution < -0.4 is 10.6 Å². The van der Waals surface area contributed by atoms with E-state index in [-0.39, 0.29) is 0 Å². The largest absolute Gasteiger partial charge is 0.356 e. The summed E-state index contributed by atoms with van der Waals surface area (Å²) in [4.78, 5) is 6.74. The fourth-order valence-corrected chi connectivity index (χ4v) is 3.29. The molecule has 0 aliphatic carbocycles. The highest BCUT2D eigenvalue weighted by Gasteiger charge is 2.16. The number of hydrogen-bond donors (Lipinski definition) is 2. The van der Waals surface area contributed by atoms with Crippen molar-refractivity contribution in [3.63, 3.8) is 0 Å². The lowest BCUT2D eigenvalue weighted by Gasteiger charge is -2.29. The van der Waals surface area contributed by atoms with Gasteiger partial charge in [0.15, 0.2) is 5.96 Å². The maximum absolute atomic E-state index is 4.34. The molecule has 1 fully saturated rings. The summed E-state index contributed by atoms with van der Waals surface area (Å²) in [6.45, 7) is 4.28. The Morgan fingerprint density at radius 3 is 2.62 bits per heavy atom. The Morgan fingerprint density at radius 2 is 1.96 bits per heavy atom. The van der Waals surface area contributed by atoms with Crippen LogP contribution in [0.2, 0.25) is 0 Å². The zero-order valence-electron chi connectivity index (χ0n) is 15.9. The summed E-state index contributed by atoms with van der Waals surface area (Å²) >= 11 is 0. The van der Waals surface area contributed by atoms with Crippen LogP contribution >= 0.6 is 0 Å². The number of aliphatic imine (C=N–C) groups is 1. The van der Waals surface area contributed by atoms with Gasteiger partial charge in [-0.15, -0.1) is 0 Å². The molecule has 3 rings (SSSR count). The molecule has 1 saturated heterocycles. The highest BCUT2D eigenvalue weighted by Crippen LogP contribution is 2.14. The minimum atomic E-state index is 0.750. The maximum atomic E-state index is 4.34. The Labute approximate surface area is 156 Å². The first kappa shape index (κ1) is 18.5. The van der Waals surface area contributed by atoms with Crippen molar-refractivity contribution in [3.05, 3.63) is 48.3 Å². The number of piperidine rings is 1. The predicted octanol–water partition coefficient (Wildman–Crippen LogP) is 1.92. The number of likely N-dealkylation sites (tertiary alicyclic amines) is 1. The third-order valence-corrected chi connectivity index (χ3v) is 5.03. The molecule has 140 valence electrons. The Bertz CT molecular complexity index is 669. The molecule has 0 saturated carbocycles. The van der Waals surface area contributed by atoms with Gasteiger partial charge in [-0.05, 0) is 69.1 Å². The van der Waals surface area contributed by atoms with E-state index in [4.69, 9.17) is 0 Å². The summed E-state index contributed by atoms with van der Waals surface area (Å²) < 4.78 is 1.87. The lowest BCUT2D eigenvalue weighted by atomic mass is 9.97. The number of benzene rings is 1. The van der Waals surface area contributed by atoms with Crippen LogP contribution in [0, 0.1) is 5.92 Å². The zero-order valence-corrected chi connectivity index (χ0v) is 15.9. The molecule has 2 N–H and O–H groups in total. The lowest BCUT2D eigenvalue weighted by Crippen LogP contribution is -2.42. The fraction of sp³-hybridized carbons (Fsp3) is 0.500. The zero-order chi connectivity index (χ0) is 18.2. The van der Waals surface area contributed by atoms with E-state index in [0.29, 0.717) is 0 Å². The lowest BCUT2D eigenvalue weighted by molar-refractivity contribution is 0.220. The summed E-state index contributed by atoms with van der Waals surface area (Å²) in [5, 5.41) is 11.1. The number of aromatic nitrogens is 2. The van der Waals surface area contributed by atoms with Crippen molar-refractivity contribution in [2.45, 2.75) is 19.3 Å². The predicted molar refractivity (Wildman–Crippen MR) is 107 cm³/mol. The van der Waals surface area contributed by atoms with Gasteiger partial charge in [-0.2, -0.15) is 5.10 Å². The molecule has 0 radical (unpaired) electrons. The highest BCUT2D eigenvalue weighted by molar-refractivity contribution is 5.79. The fourth-order valence-electron chi connectivity index (χ4n) is 3.29. The van der Waals surface area contributed by atoms with Crippen molar-refractivity contribution in [2.24, 2.45) is 10.9 Å². The van der Waals surface area contributed by atoms with Crippen LogP contribution in [0.1, 0.15) is 18.4 Å². The molecule has 0 atom stereocenters. The van der Waals surface area contributed by atoms with Gasteiger partial charge in [0.1, 0.15) is 0 Å². The van der Waals surface area contributed by atoms with E-state index in [9.17, 15) is 0 Å². The first-order valence-electron chi connectivity index (χ1n) is 9.46. The minimum Gasteiger partial charge on any atom is -0.356 e. The number of hydrogen-bond acceptors (Lipinski definition) is 3. The van der Waals surface area contributed by atoms with Crippen molar-refractivity contribution < 1.29 is 0 Å². The summed E-state index contributed by atoms with van der Waals surface area (Å²) in [5.74, 6) is 1.65. The summed E-state index contributed by atoms with van der Waals surface area (Å²) in [7, 11) is 4.04. The van der Waals surface area contributed by atoms with Gasteiger partial charge in [0, 0.05) is 32.5 Å². The molecular weight excluding hydrogens is 324 g/mol. The van der Waals surface area contributed by atoms with Crippen molar-refractivity contribution in [3.8, 4) is 5.69 Å². The van der Waals surface area contributed by atoms with Crippen LogP contribution in [-0.2, 0) is 6.42 Å². The van der Waals surface area contributed by atoms with Crippen LogP contribution in [0.25, 0.3) is 5.69 Å². The van der Waals surface area contributed by atoms with Crippen LogP contribution in [0.3, 0.4) is 0 Å². The molecule has 6 heteroatoms. The normalized spacial score (nSPS) is 16.6. The molecule has 2 aromatic rings. The second-order valence-electron chi connectivity index (χ2n) is 6.99. The second-order valence-corrected chi connectivity index (χ2v) is 6.99. The third-order valence-electron chi connectivity index (χ3n) is 5.03. The molecule has 0 bridgehead atoms. The number of nitrogens with one attached hydrogen (secondary N) is 2. The first-order chi connectivity index (χ1) is 12.7. The van der Waals surface area contributed by atoms with E-state index >= 15 is 0 Å². The van der Waals surface area contributed by atoms with E-state index in [1.54, 1.807) is 6.20 Å². The van der Waals surface area contributed by atoms with Crippen molar-refractivity contribution in [2.75, 3.05) is 40.3 Å². The molecule has 1 aromatic heterocycles. The maximum Gasteiger partial charge on any atom is 0.190 e. The Morgan fingerprint density at radius 1 is 1.19 bits per heavy atom. The van der Waals surface area contributed by atoms with Gasteiger partial charge in [0.05, 0.1) is 5.69 Å². The molecule has 1 aliphatic heterocycles. The number of rotatable bonds is 6. The van der Waals surface area contributed by atoms with Gasteiger partial charge in [-0.1, -0.05) is 12.1 Å². The average Bonchev–Trinajstić information content (AvgIpc) is 3.21. The number of nitrogens with zero attached hydrogens (tertiary/aromatic N) is 4. The van der Waals surface area contributed by atoms with Crippen LogP contribution in [0.15, 0.2) is 47.7 Å². The summed E-state index contributed by atoms with van der Waals surface area (Å²) in [5.41, 5.74) is 2.39. The van der Waals surface area contributed by atoms with Gasteiger partial charge in [-0.3, -0.25) is 4.99 Å². The third kappa shape index (κ3) is 5.33. The van der Waals surface area contributed by atoms with Crippen molar-refractivity contribution in [1.82, 2.24) is 25.3 Å². The molecule has 26 heavy (non-hydrogen) atoms. The molecule has 6 nitrogen and oxygen atoms in total. The first-order valence-corrected chi connectivity index (χ1v) is 9.46. The molecule has 1 aliphatic rings. The molecule has 1 aromatic carbocycles. The Balaban J connectivity index is 1.39. The van der Waals surface area contributed by atoms with E-state index in [1.165, 1.54) is 31.5 Å². The molecular formula is C20H30N6. The Kier molecular flexibility index (Phi) is 6.66. The van der Waals surface area contributed by atoms with Gasteiger partial charge in [0.25, 0.3) is 0 Å². The van der Waals surface area contributed by atoms with E-state index in [2.05, 4.69) is 56.9 Å². The molecule has 2 heterocycles. The molecule has 0 spiro atoms. The van der Waals surface area contributed by atoms with Gasteiger partial charge < -0.3 is 15.5 Å².